The van der Waals surface area contributed by atoms with Crippen molar-refractivity contribution in [1.82, 2.24) is 24.3 Å². The molecule has 1 N–H and O–H groups in total. The van der Waals surface area contributed by atoms with Crippen molar-refractivity contribution < 1.29 is 22.8 Å². The van der Waals surface area contributed by atoms with Crippen LogP contribution in [0, 0.1) is 6.92 Å². The van der Waals surface area contributed by atoms with Crippen LogP contribution in [-0.2, 0) is 11.0 Å². The van der Waals surface area contributed by atoms with Crippen molar-refractivity contribution in [3.63, 3.8) is 0 Å². The SMILES string of the molecule is Cc1cccc2nc(NC(=O)c3ccnc(C(F)(F)F)c3)n(C3CCCCN(C(=O)/C=C/CN(C)C)C3)c12. The molecule has 0 radical (unpaired) electrons. The minimum atomic E-state index is -4.67. The largest absolute Gasteiger partial charge is 0.433 e. The number of likely N-dealkylation sites (tertiary alicyclic amines) is 1. The second kappa shape index (κ2) is 11.3. The highest BCUT2D eigenvalue weighted by Gasteiger charge is 2.33. The molecular weight excluding hydrogens is 497 g/mol. The third-order valence-electron chi connectivity index (χ3n) is 6.50. The van der Waals surface area contributed by atoms with Gasteiger partial charge in [0.2, 0.25) is 11.9 Å². The van der Waals surface area contributed by atoms with Crippen LogP contribution in [0.2, 0.25) is 0 Å². The number of carbonyl (C=O) groups excluding carboxylic acids is 2. The molecule has 8 nitrogen and oxygen atoms in total. The number of fused-ring (bicyclic) bond motifs is 1. The van der Waals surface area contributed by atoms with Crippen molar-refractivity contribution in [2.24, 2.45) is 0 Å². The molecule has 1 aliphatic rings. The lowest BCUT2D eigenvalue weighted by Crippen LogP contribution is -2.35. The van der Waals surface area contributed by atoms with Crippen LogP contribution in [0.3, 0.4) is 0 Å². The number of hydrogen-bond donors (Lipinski definition) is 1. The van der Waals surface area contributed by atoms with Crippen LogP contribution >= 0.6 is 0 Å². The first-order valence-electron chi connectivity index (χ1n) is 12.5. The third kappa shape index (κ3) is 6.21. The molecule has 2 aromatic heterocycles. The Labute approximate surface area is 219 Å². The molecule has 2 amide bonds. The number of aryl methyl sites for hydroxylation is 1. The molecule has 0 aliphatic carbocycles. The van der Waals surface area contributed by atoms with Crippen molar-refractivity contribution in [2.45, 2.75) is 38.4 Å². The molecule has 11 heteroatoms. The Kier molecular flexibility index (Phi) is 8.15. The molecule has 1 fully saturated rings. The number of pyridine rings is 1. The number of carbonyl (C=O) groups is 2. The van der Waals surface area contributed by atoms with E-state index in [0.717, 1.165) is 42.6 Å². The quantitative estimate of drug-likeness (QED) is 0.470. The van der Waals surface area contributed by atoms with E-state index >= 15 is 0 Å². The maximum Gasteiger partial charge on any atom is 0.433 e. The number of likely N-dealkylation sites (N-methyl/N-ethyl adjacent to an activating group) is 1. The van der Waals surface area contributed by atoms with Crippen molar-refractivity contribution in [1.29, 1.82) is 0 Å². The zero-order valence-electron chi connectivity index (χ0n) is 21.6. The number of anilines is 1. The molecule has 38 heavy (non-hydrogen) atoms. The number of halogens is 3. The van der Waals surface area contributed by atoms with Crippen molar-refractivity contribution in [2.75, 3.05) is 39.0 Å². The summed E-state index contributed by atoms with van der Waals surface area (Å²) in [4.78, 5) is 37.8. The molecule has 4 rings (SSSR count). The van der Waals surface area contributed by atoms with E-state index in [1.165, 1.54) is 6.07 Å². The fourth-order valence-electron chi connectivity index (χ4n) is 4.67. The van der Waals surface area contributed by atoms with E-state index in [2.05, 4.69) is 15.3 Å². The number of amides is 2. The summed E-state index contributed by atoms with van der Waals surface area (Å²) in [6, 6.07) is 7.39. The summed E-state index contributed by atoms with van der Waals surface area (Å²) in [7, 11) is 3.85. The highest BCUT2D eigenvalue weighted by atomic mass is 19.4. The number of aromatic nitrogens is 3. The van der Waals surface area contributed by atoms with Gasteiger partial charge < -0.3 is 14.4 Å². The first-order valence-corrected chi connectivity index (χ1v) is 12.5. The summed E-state index contributed by atoms with van der Waals surface area (Å²) in [6.07, 6.45) is 2.17. The molecule has 202 valence electrons. The topological polar surface area (TPSA) is 83.4 Å². The predicted molar refractivity (Wildman–Crippen MR) is 139 cm³/mol. The van der Waals surface area contributed by atoms with Gasteiger partial charge in [-0.25, -0.2) is 4.98 Å². The van der Waals surface area contributed by atoms with Gasteiger partial charge in [-0.05, 0) is 64.0 Å². The Morgan fingerprint density at radius 2 is 2.00 bits per heavy atom. The average molecular weight is 529 g/mol. The van der Waals surface area contributed by atoms with Crippen LogP contribution < -0.4 is 5.32 Å². The standard InChI is InChI=1S/C27H31F3N6O2/c1-18-8-6-10-21-24(18)36(20-9-4-5-15-35(17-20)23(37)11-7-14-34(2)3)26(32-21)33-25(38)19-12-13-31-22(16-19)27(28,29)30/h6-8,10-13,16,20H,4-5,9,14-15,17H2,1-3H3,(H,32,33,38)/b11-7+. The number of rotatable bonds is 6. The molecule has 1 aromatic carbocycles. The van der Waals surface area contributed by atoms with Gasteiger partial charge in [0.25, 0.3) is 5.91 Å². The normalized spacial score (nSPS) is 16.8. The average Bonchev–Trinajstić information content (AvgIpc) is 3.05. The summed E-state index contributed by atoms with van der Waals surface area (Å²) >= 11 is 0. The van der Waals surface area contributed by atoms with Crippen molar-refractivity contribution >= 4 is 28.8 Å². The van der Waals surface area contributed by atoms with Gasteiger partial charge in [-0.3, -0.25) is 19.9 Å². The lowest BCUT2D eigenvalue weighted by Gasteiger charge is -2.26. The van der Waals surface area contributed by atoms with E-state index in [-0.39, 0.29) is 23.5 Å². The first kappa shape index (κ1) is 27.3. The van der Waals surface area contributed by atoms with Crippen molar-refractivity contribution in [3.05, 3.63) is 65.5 Å². The molecule has 3 heterocycles. The van der Waals surface area contributed by atoms with Gasteiger partial charge in [-0.2, -0.15) is 13.2 Å². The van der Waals surface area contributed by atoms with Gasteiger partial charge in [-0.15, -0.1) is 0 Å². The van der Waals surface area contributed by atoms with Gasteiger partial charge in [0.15, 0.2) is 0 Å². The number of benzene rings is 1. The summed E-state index contributed by atoms with van der Waals surface area (Å²) in [5.74, 6) is -0.575. The number of hydrogen-bond acceptors (Lipinski definition) is 5. The monoisotopic (exact) mass is 528 g/mol. The fraction of sp³-hybridized carbons (Fsp3) is 0.407. The highest BCUT2D eigenvalue weighted by molar-refractivity contribution is 6.04. The predicted octanol–water partition coefficient (Wildman–Crippen LogP) is 4.68. The summed E-state index contributed by atoms with van der Waals surface area (Å²) < 4.78 is 41.4. The van der Waals surface area contributed by atoms with E-state index < -0.39 is 17.8 Å². The fourth-order valence-corrected chi connectivity index (χ4v) is 4.67. The van der Waals surface area contributed by atoms with Crippen LogP contribution in [-0.4, -0.2) is 69.9 Å². The maximum atomic E-state index is 13.2. The number of imidazole rings is 1. The Morgan fingerprint density at radius 1 is 1.21 bits per heavy atom. The van der Waals surface area contributed by atoms with Crippen molar-refractivity contribution in [3.8, 4) is 0 Å². The molecule has 0 saturated carbocycles. The van der Waals surface area contributed by atoms with E-state index in [9.17, 15) is 22.8 Å². The molecular formula is C27H31F3N6O2. The molecule has 0 spiro atoms. The molecule has 1 unspecified atom stereocenters. The molecule has 1 aliphatic heterocycles. The second-order valence-electron chi connectivity index (χ2n) is 9.73. The highest BCUT2D eigenvalue weighted by Crippen LogP contribution is 2.32. The van der Waals surface area contributed by atoms with Crippen LogP contribution in [0.1, 0.15) is 46.9 Å². The van der Waals surface area contributed by atoms with Gasteiger partial charge in [0, 0.05) is 37.5 Å². The smallest absolute Gasteiger partial charge is 0.337 e. The van der Waals surface area contributed by atoms with Gasteiger partial charge in [0.1, 0.15) is 5.69 Å². The summed E-state index contributed by atoms with van der Waals surface area (Å²) in [5.41, 5.74) is 1.09. The van der Waals surface area contributed by atoms with E-state index in [4.69, 9.17) is 0 Å². The van der Waals surface area contributed by atoms with E-state index in [0.29, 0.717) is 25.2 Å². The number of nitrogens with one attached hydrogen (secondary N) is 1. The third-order valence-corrected chi connectivity index (χ3v) is 6.50. The number of alkyl halides is 3. The molecule has 0 bridgehead atoms. The van der Waals surface area contributed by atoms with Crippen LogP contribution in [0.4, 0.5) is 19.1 Å². The maximum absolute atomic E-state index is 13.2. The van der Waals surface area contributed by atoms with Gasteiger partial charge in [0.05, 0.1) is 17.1 Å². The first-order chi connectivity index (χ1) is 18.0. The van der Waals surface area contributed by atoms with Crippen LogP contribution in [0.25, 0.3) is 11.0 Å². The molecule has 3 aromatic rings. The zero-order valence-corrected chi connectivity index (χ0v) is 21.6. The van der Waals surface area contributed by atoms with Gasteiger partial charge in [-0.1, -0.05) is 18.2 Å². The number of para-hydroxylation sites is 1. The Balaban J connectivity index is 1.68. The van der Waals surface area contributed by atoms with E-state index in [1.807, 2.05) is 54.8 Å². The Morgan fingerprint density at radius 3 is 2.74 bits per heavy atom. The lowest BCUT2D eigenvalue weighted by molar-refractivity contribution is -0.141. The van der Waals surface area contributed by atoms with Gasteiger partial charge >= 0.3 is 6.18 Å². The van der Waals surface area contributed by atoms with Crippen LogP contribution in [0.15, 0.2) is 48.7 Å². The van der Waals surface area contributed by atoms with Crippen LogP contribution in [0.5, 0.6) is 0 Å². The Hall–Kier alpha value is -3.73. The number of nitrogens with zero attached hydrogens (tertiary/aromatic N) is 5. The van der Waals surface area contributed by atoms with E-state index in [1.54, 1.807) is 11.0 Å². The minimum Gasteiger partial charge on any atom is -0.337 e. The summed E-state index contributed by atoms with van der Waals surface area (Å²) in [5, 5.41) is 2.73. The summed E-state index contributed by atoms with van der Waals surface area (Å²) in [6.45, 7) is 3.62. The second-order valence-corrected chi connectivity index (χ2v) is 9.73. The molecule has 1 atom stereocenters. The lowest BCUT2D eigenvalue weighted by atomic mass is 10.1. The Bertz CT molecular complexity index is 1350. The molecule has 1 saturated heterocycles. The minimum absolute atomic E-state index is 0.0815. The zero-order chi connectivity index (χ0) is 27.4.